The Morgan fingerprint density at radius 2 is 1.04 bits per heavy atom. The van der Waals surface area contributed by atoms with Crippen LogP contribution in [0.1, 0.15) is 93.4 Å². The lowest BCUT2D eigenvalue weighted by Gasteiger charge is -2.38. The highest BCUT2D eigenvalue weighted by atomic mass is 35.5. The van der Waals surface area contributed by atoms with Gasteiger partial charge in [-0.25, -0.2) is 0 Å². The molecule has 4 aromatic carbocycles. The molecule has 0 radical (unpaired) electrons. The van der Waals surface area contributed by atoms with E-state index in [0.29, 0.717) is 25.0 Å². The van der Waals surface area contributed by atoms with Crippen LogP contribution in [0.4, 0.5) is 0 Å². The summed E-state index contributed by atoms with van der Waals surface area (Å²) in [5.41, 5.74) is 3.44. The summed E-state index contributed by atoms with van der Waals surface area (Å²) in [7, 11) is -0.481. The van der Waals surface area contributed by atoms with E-state index in [1.165, 1.54) is 64.2 Å². The Bertz CT molecular complexity index is 1460. The molecule has 6 heteroatoms. The second-order valence-electron chi connectivity index (χ2n) is 15.1. The molecule has 0 amide bonds. The molecule has 1 heterocycles. The molecule has 1 aliphatic heterocycles. The first kappa shape index (κ1) is 36.4. The third-order valence-corrected chi connectivity index (χ3v) is 12.4. The third-order valence-electron chi connectivity index (χ3n) is 11.8. The van der Waals surface area contributed by atoms with Gasteiger partial charge in [0.25, 0.3) is 0 Å². The predicted octanol–water partition coefficient (Wildman–Crippen LogP) is 10.8. The Kier molecular flexibility index (Phi) is 12.7. The Hall–Kier alpha value is -2.93. The summed E-state index contributed by atoms with van der Waals surface area (Å²) in [5, 5.41) is -0.409. The van der Waals surface area contributed by atoms with Crippen molar-refractivity contribution in [2.24, 2.45) is 17.8 Å². The molecule has 2 aliphatic carbocycles. The number of halogens is 1. The summed E-state index contributed by atoms with van der Waals surface area (Å²) < 4.78 is 28.1. The number of hydrogen-bond acceptors (Lipinski definition) is 4. The molecule has 0 aromatic heterocycles. The van der Waals surface area contributed by atoms with Gasteiger partial charge in [-0.1, -0.05) is 167 Å². The van der Waals surface area contributed by atoms with Gasteiger partial charge in [0.05, 0.1) is 36.8 Å². The number of benzene rings is 4. The van der Waals surface area contributed by atoms with Crippen LogP contribution in [0.15, 0.2) is 121 Å². The van der Waals surface area contributed by atoms with E-state index in [9.17, 15) is 0 Å². The molecule has 0 unspecified atom stereocenters. The van der Waals surface area contributed by atoms with Crippen molar-refractivity contribution in [3.05, 3.63) is 144 Å². The zero-order valence-corrected chi connectivity index (χ0v) is 30.9. The van der Waals surface area contributed by atoms with E-state index in [0.717, 1.165) is 22.3 Å². The molecule has 4 nitrogen and oxygen atoms in total. The van der Waals surface area contributed by atoms with E-state index >= 15 is 0 Å². The highest BCUT2D eigenvalue weighted by Gasteiger charge is 2.51. The topological polar surface area (TPSA) is 36.9 Å². The fourth-order valence-corrected chi connectivity index (χ4v) is 9.17. The molecule has 1 saturated heterocycles. The van der Waals surface area contributed by atoms with Crippen LogP contribution in [0.5, 0.6) is 0 Å². The highest BCUT2D eigenvalue weighted by molar-refractivity contribution is 6.60. The molecule has 51 heavy (non-hydrogen) atoms. The van der Waals surface area contributed by atoms with Crippen molar-refractivity contribution in [1.29, 1.82) is 0 Å². The quantitative estimate of drug-likeness (QED) is 0.0744. The maximum absolute atomic E-state index is 7.54. The fourth-order valence-electron chi connectivity index (χ4n) is 8.89. The van der Waals surface area contributed by atoms with Crippen LogP contribution in [0.3, 0.4) is 0 Å². The van der Waals surface area contributed by atoms with Gasteiger partial charge in [0, 0.05) is 0 Å². The van der Waals surface area contributed by atoms with Gasteiger partial charge < -0.3 is 18.8 Å². The molecular formula is C45H54BClO4. The molecule has 4 aromatic rings. The Morgan fingerprint density at radius 3 is 1.47 bits per heavy atom. The predicted molar refractivity (Wildman–Crippen MR) is 208 cm³/mol. The van der Waals surface area contributed by atoms with E-state index in [1.54, 1.807) is 0 Å². The summed E-state index contributed by atoms with van der Waals surface area (Å²) in [4.78, 5) is 0. The van der Waals surface area contributed by atoms with E-state index in [2.05, 4.69) is 122 Å². The van der Waals surface area contributed by atoms with Crippen LogP contribution in [0.2, 0.25) is 0 Å². The van der Waals surface area contributed by atoms with E-state index in [-0.39, 0.29) is 24.2 Å². The molecule has 0 N–H and O–H groups in total. The van der Waals surface area contributed by atoms with Crippen LogP contribution in [-0.2, 0) is 31.0 Å². The zero-order chi connectivity index (χ0) is 34.9. The van der Waals surface area contributed by atoms with Gasteiger partial charge in [-0.2, -0.15) is 0 Å². The largest absolute Gasteiger partial charge is 0.476 e. The molecule has 7 rings (SSSR count). The minimum absolute atomic E-state index is 0.119. The van der Waals surface area contributed by atoms with Crippen molar-refractivity contribution in [2.45, 2.75) is 107 Å². The summed E-state index contributed by atoms with van der Waals surface area (Å²) in [5.74, 6) is 0.968. The molecule has 3 fully saturated rings. The van der Waals surface area contributed by atoms with Gasteiger partial charge in [-0.15, -0.1) is 11.6 Å². The molecule has 0 bridgehead atoms. The maximum atomic E-state index is 7.54. The molecule has 2 saturated carbocycles. The summed E-state index contributed by atoms with van der Waals surface area (Å²) in [6, 6.07) is 42.0. The molecular weight excluding hydrogens is 651 g/mol. The zero-order valence-electron chi connectivity index (χ0n) is 30.2. The normalized spacial score (nSPS) is 22.4. The fraction of sp³-hybridized carbons (Fsp3) is 0.467. The van der Waals surface area contributed by atoms with E-state index in [1.807, 2.05) is 6.07 Å². The first-order valence-corrected chi connectivity index (χ1v) is 20.0. The summed E-state index contributed by atoms with van der Waals surface area (Å²) in [6.07, 6.45) is 12.6. The van der Waals surface area contributed by atoms with Crippen LogP contribution in [-0.4, -0.2) is 37.3 Å². The second kappa shape index (κ2) is 17.7. The van der Waals surface area contributed by atoms with E-state index < -0.39 is 18.0 Å². The van der Waals surface area contributed by atoms with Crippen molar-refractivity contribution >= 4 is 18.7 Å². The Labute approximate surface area is 311 Å². The van der Waals surface area contributed by atoms with Crippen molar-refractivity contribution in [1.82, 2.24) is 0 Å². The number of ether oxygens (including phenoxy) is 2. The van der Waals surface area contributed by atoms with Crippen molar-refractivity contribution < 1.29 is 18.8 Å². The van der Waals surface area contributed by atoms with Crippen molar-refractivity contribution in [3.8, 4) is 0 Å². The average Bonchev–Trinajstić information content (AvgIpc) is 3.67. The van der Waals surface area contributed by atoms with Crippen LogP contribution in [0.25, 0.3) is 0 Å². The minimum Gasteiger partial charge on any atom is -0.404 e. The summed E-state index contributed by atoms with van der Waals surface area (Å²) in [6.45, 7) is 2.96. The number of rotatable bonds is 14. The van der Waals surface area contributed by atoms with E-state index in [4.69, 9.17) is 30.4 Å². The second-order valence-corrected chi connectivity index (χ2v) is 15.6. The molecule has 268 valence electrons. The van der Waals surface area contributed by atoms with Gasteiger partial charge >= 0.3 is 7.12 Å². The molecule has 3 aliphatic rings. The number of alkyl halides is 1. The monoisotopic (exact) mass is 704 g/mol. The third kappa shape index (κ3) is 8.50. The van der Waals surface area contributed by atoms with Crippen molar-refractivity contribution in [2.75, 3.05) is 6.61 Å². The highest BCUT2D eigenvalue weighted by Crippen LogP contribution is 2.44. The Balaban J connectivity index is 1.18. The molecule has 0 spiro atoms. The maximum Gasteiger partial charge on any atom is 0.476 e. The average molecular weight is 705 g/mol. The SMILES string of the molecule is C[C@@H]([C@H](COC(c1ccccc1)(c1ccccc1)c1ccccc1)OCc1ccccc1)[C@@H](Cl)B1O[C@H](C2CCCCC2)[C@@H](C2CCCCC2)O1. The van der Waals surface area contributed by atoms with Gasteiger partial charge in [-0.3, -0.25) is 0 Å². The van der Waals surface area contributed by atoms with Gasteiger partial charge in [0.15, 0.2) is 0 Å². The minimum atomic E-state index is -0.863. The van der Waals surface area contributed by atoms with Crippen LogP contribution < -0.4 is 0 Å². The first-order valence-electron chi connectivity index (χ1n) is 19.5. The lowest BCUT2D eigenvalue weighted by atomic mass is 9.75. The number of hydrogen-bond donors (Lipinski definition) is 0. The summed E-state index contributed by atoms with van der Waals surface area (Å²) >= 11 is 7.54. The first-order chi connectivity index (χ1) is 25.1. The van der Waals surface area contributed by atoms with Gasteiger partial charge in [0.2, 0.25) is 0 Å². The lowest BCUT2D eigenvalue weighted by Crippen LogP contribution is -2.44. The molecule has 5 atom stereocenters. The van der Waals surface area contributed by atoms with Crippen molar-refractivity contribution in [3.63, 3.8) is 0 Å². The van der Waals surface area contributed by atoms with Gasteiger partial charge in [-0.05, 0) is 65.7 Å². The Morgan fingerprint density at radius 1 is 0.627 bits per heavy atom. The lowest BCUT2D eigenvalue weighted by molar-refractivity contribution is -0.0872. The standard InChI is InChI=1S/C45H54BClO4/c1-34(44(47)46-50-42(36-22-10-3-11-23-36)43(51-46)37-24-12-4-13-25-37)41(48-32-35-20-8-2-9-21-35)33-49-45(38-26-14-5-15-27-38,39-28-16-6-17-29-39)40-30-18-7-19-31-40/h2,5-9,14-21,26-31,34,36-37,41-44H,3-4,10-13,22-25,32-33H2,1H3/t34-,41-,42+,43+,44+/m0/s1. The van der Waals surface area contributed by atoms with Gasteiger partial charge in [0.1, 0.15) is 5.60 Å². The van der Waals surface area contributed by atoms with Crippen LogP contribution >= 0.6 is 11.6 Å². The smallest absolute Gasteiger partial charge is 0.404 e. The van der Waals surface area contributed by atoms with Crippen LogP contribution in [0, 0.1) is 17.8 Å².